The van der Waals surface area contributed by atoms with Crippen molar-refractivity contribution in [2.75, 3.05) is 26.7 Å². The average Bonchev–Trinajstić information content (AvgIpc) is 3.10. The van der Waals surface area contributed by atoms with Gasteiger partial charge in [0.1, 0.15) is 11.8 Å². The van der Waals surface area contributed by atoms with Crippen LogP contribution in [0.15, 0.2) is 34.7 Å². The molecule has 28 heavy (non-hydrogen) atoms. The molecule has 6 heteroatoms. The first-order chi connectivity index (χ1) is 13.6. The standard InChI is InChI=1S/C22H31N3O3/c1-16-20(24-21(28-16)18-7-4-3-5-8-18)9-6-12-25-13-10-17(11-14-25)15-19(23)22(26)27-2/h3-5,7-8,17,19H,6,9-15,23H2,1-2H3/t19-/m0/s1. The predicted octanol–water partition coefficient (Wildman–Crippen LogP) is 3.19. The Kier molecular flexibility index (Phi) is 7.23. The van der Waals surface area contributed by atoms with E-state index < -0.39 is 6.04 Å². The third-order valence-electron chi connectivity index (χ3n) is 5.60. The second-order valence-electron chi connectivity index (χ2n) is 7.64. The van der Waals surface area contributed by atoms with Crippen LogP contribution in [0.1, 0.15) is 37.1 Å². The van der Waals surface area contributed by atoms with Gasteiger partial charge in [-0.05, 0) is 76.7 Å². The number of carbonyl (C=O) groups excluding carboxylic acids is 1. The minimum absolute atomic E-state index is 0.305. The molecule has 1 aliphatic rings. The maximum absolute atomic E-state index is 11.5. The van der Waals surface area contributed by atoms with Gasteiger partial charge >= 0.3 is 5.97 Å². The van der Waals surface area contributed by atoms with Gasteiger partial charge in [0.05, 0.1) is 12.8 Å². The van der Waals surface area contributed by atoms with Crippen LogP contribution in [0.2, 0.25) is 0 Å². The Balaban J connectivity index is 1.41. The molecule has 0 radical (unpaired) electrons. The molecule has 0 amide bonds. The lowest BCUT2D eigenvalue weighted by Crippen LogP contribution is -2.39. The molecule has 152 valence electrons. The molecule has 1 aromatic carbocycles. The second-order valence-corrected chi connectivity index (χ2v) is 7.64. The highest BCUT2D eigenvalue weighted by Gasteiger charge is 2.24. The fraction of sp³-hybridized carbons (Fsp3) is 0.545. The molecule has 0 saturated carbocycles. The quantitative estimate of drug-likeness (QED) is 0.703. The summed E-state index contributed by atoms with van der Waals surface area (Å²) in [5, 5.41) is 0. The summed E-state index contributed by atoms with van der Waals surface area (Å²) in [5.41, 5.74) is 7.96. The van der Waals surface area contributed by atoms with E-state index in [1.807, 2.05) is 37.3 Å². The summed E-state index contributed by atoms with van der Waals surface area (Å²) in [6, 6.07) is 9.53. The highest BCUT2D eigenvalue weighted by atomic mass is 16.5. The van der Waals surface area contributed by atoms with Crippen LogP contribution in [-0.2, 0) is 16.0 Å². The Morgan fingerprint density at radius 1 is 1.32 bits per heavy atom. The van der Waals surface area contributed by atoms with Crippen molar-refractivity contribution in [3.63, 3.8) is 0 Å². The zero-order valence-corrected chi connectivity index (χ0v) is 16.9. The molecule has 3 rings (SSSR count). The summed E-state index contributed by atoms with van der Waals surface area (Å²) >= 11 is 0. The van der Waals surface area contributed by atoms with Gasteiger partial charge in [0.25, 0.3) is 0 Å². The number of likely N-dealkylation sites (tertiary alicyclic amines) is 1. The average molecular weight is 386 g/mol. The normalized spacial score (nSPS) is 16.8. The molecule has 1 aliphatic heterocycles. The molecule has 1 saturated heterocycles. The van der Waals surface area contributed by atoms with Gasteiger partial charge in [0.2, 0.25) is 5.89 Å². The fourth-order valence-electron chi connectivity index (χ4n) is 3.89. The first-order valence-corrected chi connectivity index (χ1v) is 10.1. The third kappa shape index (κ3) is 5.42. The molecular formula is C22H31N3O3. The van der Waals surface area contributed by atoms with Gasteiger partial charge in [-0.15, -0.1) is 0 Å². The molecule has 0 spiro atoms. The van der Waals surface area contributed by atoms with E-state index >= 15 is 0 Å². The topological polar surface area (TPSA) is 81.6 Å². The van der Waals surface area contributed by atoms with Crippen LogP contribution in [0.5, 0.6) is 0 Å². The number of ether oxygens (including phenoxy) is 1. The Hall–Kier alpha value is -2.18. The Morgan fingerprint density at radius 2 is 2.04 bits per heavy atom. The van der Waals surface area contributed by atoms with Gasteiger partial charge in [-0.25, -0.2) is 4.98 Å². The van der Waals surface area contributed by atoms with E-state index in [1.54, 1.807) is 0 Å². The summed E-state index contributed by atoms with van der Waals surface area (Å²) in [7, 11) is 1.39. The molecule has 1 fully saturated rings. The molecule has 2 N–H and O–H groups in total. The summed E-state index contributed by atoms with van der Waals surface area (Å²) in [5.74, 6) is 1.82. The maximum atomic E-state index is 11.5. The van der Waals surface area contributed by atoms with Crippen molar-refractivity contribution in [2.24, 2.45) is 11.7 Å². The summed E-state index contributed by atoms with van der Waals surface area (Å²) in [6.45, 7) is 5.17. The maximum Gasteiger partial charge on any atom is 0.322 e. The van der Waals surface area contributed by atoms with Crippen molar-refractivity contribution in [3.8, 4) is 11.5 Å². The number of methoxy groups -OCH3 is 1. The monoisotopic (exact) mass is 385 g/mol. The Morgan fingerprint density at radius 3 is 2.71 bits per heavy atom. The van der Waals surface area contributed by atoms with E-state index in [1.165, 1.54) is 7.11 Å². The van der Waals surface area contributed by atoms with Crippen LogP contribution < -0.4 is 5.73 Å². The van der Waals surface area contributed by atoms with Crippen LogP contribution in [-0.4, -0.2) is 48.6 Å². The number of esters is 1. The van der Waals surface area contributed by atoms with E-state index in [9.17, 15) is 4.79 Å². The molecular weight excluding hydrogens is 354 g/mol. The van der Waals surface area contributed by atoms with Gasteiger partial charge in [-0.2, -0.15) is 0 Å². The van der Waals surface area contributed by atoms with Crippen LogP contribution in [0.3, 0.4) is 0 Å². The molecule has 1 aromatic heterocycles. The van der Waals surface area contributed by atoms with Crippen molar-refractivity contribution in [1.82, 2.24) is 9.88 Å². The second kappa shape index (κ2) is 9.85. The number of rotatable bonds is 8. The fourth-order valence-corrected chi connectivity index (χ4v) is 3.89. The third-order valence-corrected chi connectivity index (χ3v) is 5.60. The highest BCUT2D eigenvalue weighted by molar-refractivity contribution is 5.75. The van der Waals surface area contributed by atoms with Crippen molar-refractivity contribution < 1.29 is 13.9 Å². The van der Waals surface area contributed by atoms with Gasteiger partial charge in [0.15, 0.2) is 0 Å². The Labute approximate surface area is 167 Å². The molecule has 0 bridgehead atoms. The smallest absolute Gasteiger partial charge is 0.322 e. The SMILES string of the molecule is COC(=O)[C@@H](N)CC1CCN(CCCc2nc(-c3ccccc3)oc2C)CC1. The molecule has 1 atom stereocenters. The van der Waals surface area contributed by atoms with Crippen molar-refractivity contribution in [3.05, 3.63) is 41.8 Å². The van der Waals surface area contributed by atoms with Crippen molar-refractivity contribution in [1.29, 1.82) is 0 Å². The minimum Gasteiger partial charge on any atom is -0.468 e. The molecule has 0 unspecified atom stereocenters. The number of carbonyl (C=O) groups is 1. The van der Waals surface area contributed by atoms with E-state index in [4.69, 9.17) is 14.9 Å². The molecule has 0 aliphatic carbocycles. The number of aryl methyl sites for hydroxylation is 2. The summed E-state index contributed by atoms with van der Waals surface area (Å²) in [4.78, 5) is 18.7. The molecule has 6 nitrogen and oxygen atoms in total. The van der Waals surface area contributed by atoms with Crippen LogP contribution >= 0.6 is 0 Å². The minimum atomic E-state index is -0.490. The molecule has 2 aromatic rings. The number of benzene rings is 1. The highest BCUT2D eigenvalue weighted by Crippen LogP contribution is 2.24. The van der Waals surface area contributed by atoms with Gasteiger partial charge in [-0.1, -0.05) is 18.2 Å². The van der Waals surface area contributed by atoms with E-state index in [-0.39, 0.29) is 5.97 Å². The number of hydrogen-bond donors (Lipinski definition) is 1. The summed E-state index contributed by atoms with van der Waals surface area (Å²) in [6.07, 6.45) is 4.89. The predicted molar refractivity (Wildman–Crippen MR) is 109 cm³/mol. The zero-order valence-electron chi connectivity index (χ0n) is 16.9. The Bertz CT molecular complexity index is 752. The molecule has 2 heterocycles. The first-order valence-electron chi connectivity index (χ1n) is 10.1. The lowest BCUT2D eigenvalue weighted by Gasteiger charge is -2.32. The van der Waals surface area contributed by atoms with Crippen LogP contribution in [0.25, 0.3) is 11.5 Å². The number of oxazole rings is 1. The summed E-state index contributed by atoms with van der Waals surface area (Å²) < 4.78 is 10.6. The van der Waals surface area contributed by atoms with Crippen molar-refractivity contribution >= 4 is 5.97 Å². The van der Waals surface area contributed by atoms with Crippen LogP contribution in [0, 0.1) is 12.8 Å². The number of hydrogen-bond acceptors (Lipinski definition) is 6. The van der Waals surface area contributed by atoms with Crippen molar-refractivity contribution in [2.45, 2.75) is 45.1 Å². The van der Waals surface area contributed by atoms with E-state index in [0.717, 1.165) is 68.8 Å². The van der Waals surface area contributed by atoms with Gasteiger partial charge < -0.3 is 19.8 Å². The van der Waals surface area contributed by atoms with Crippen LogP contribution in [0.4, 0.5) is 0 Å². The first kappa shape index (κ1) is 20.6. The number of piperidine rings is 1. The number of aromatic nitrogens is 1. The number of nitrogens with zero attached hydrogens (tertiary/aromatic N) is 2. The zero-order chi connectivity index (χ0) is 19.9. The van der Waals surface area contributed by atoms with E-state index in [0.29, 0.717) is 11.8 Å². The number of nitrogens with two attached hydrogens (primary N) is 1. The van der Waals surface area contributed by atoms with Gasteiger partial charge in [0, 0.05) is 5.56 Å². The lowest BCUT2D eigenvalue weighted by atomic mass is 9.90. The van der Waals surface area contributed by atoms with Gasteiger partial charge in [-0.3, -0.25) is 4.79 Å². The van der Waals surface area contributed by atoms with E-state index in [2.05, 4.69) is 9.88 Å². The lowest BCUT2D eigenvalue weighted by molar-refractivity contribution is -0.142. The largest absolute Gasteiger partial charge is 0.468 e.